The summed E-state index contributed by atoms with van der Waals surface area (Å²) in [5, 5.41) is 3.02. The van der Waals surface area contributed by atoms with Gasteiger partial charge >= 0.3 is 0 Å². The Balaban J connectivity index is 1.52. The number of carbonyl (C=O) groups excluding carboxylic acids is 2. The summed E-state index contributed by atoms with van der Waals surface area (Å²) in [6.07, 6.45) is 5.76. The van der Waals surface area contributed by atoms with Gasteiger partial charge in [0.15, 0.2) is 0 Å². The van der Waals surface area contributed by atoms with Crippen LogP contribution >= 0.6 is 0 Å². The van der Waals surface area contributed by atoms with E-state index in [4.69, 9.17) is 4.74 Å². The Bertz CT molecular complexity index is 936. The number of hydrogen-bond acceptors (Lipinski definition) is 3. The van der Waals surface area contributed by atoms with Crippen LogP contribution < -0.4 is 10.1 Å². The number of aryl methyl sites for hydroxylation is 1. The Labute approximate surface area is 184 Å². The van der Waals surface area contributed by atoms with E-state index < -0.39 is 0 Å². The van der Waals surface area contributed by atoms with E-state index in [9.17, 15) is 9.59 Å². The van der Waals surface area contributed by atoms with Gasteiger partial charge in [0.2, 0.25) is 11.8 Å². The van der Waals surface area contributed by atoms with E-state index in [2.05, 4.69) is 36.5 Å². The molecule has 0 aromatic heterocycles. The Hall–Kier alpha value is -2.82. The maximum atomic E-state index is 13.5. The zero-order valence-electron chi connectivity index (χ0n) is 18.5. The van der Waals surface area contributed by atoms with Crippen LogP contribution in [-0.4, -0.2) is 30.4 Å². The molecule has 2 fully saturated rings. The summed E-state index contributed by atoms with van der Waals surface area (Å²) in [7, 11) is 1.61. The molecule has 1 aliphatic carbocycles. The van der Waals surface area contributed by atoms with Crippen LogP contribution in [0.15, 0.2) is 48.5 Å². The van der Waals surface area contributed by atoms with E-state index in [1.165, 1.54) is 11.1 Å². The summed E-state index contributed by atoms with van der Waals surface area (Å²) < 4.78 is 5.26. The first-order chi connectivity index (χ1) is 15.0. The van der Waals surface area contributed by atoms with Gasteiger partial charge in [-0.3, -0.25) is 9.59 Å². The molecule has 31 heavy (non-hydrogen) atoms. The van der Waals surface area contributed by atoms with Crippen LogP contribution in [0.3, 0.4) is 0 Å². The lowest BCUT2D eigenvalue weighted by molar-refractivity contribution is -0.141. The van der Waals surface area contributed by atoms with Gasteiger partial charge in [-0.1, -0.05) is 48.7 Å². The summed E-state index contributed by atoms with van der Waals surface area (Å²) in [5.74, 6) is 0.798. The van der Waals surface area contributed by atoms with Crippen molar-refractivity contribution in [2.45, 2.75) is 51.5 Å². The lowest BCUT2D eigenvalue weighted by Gasteiger charge is -2.41. The normalized spacial score (nSPS) is 21.7. The molecule has 2 unspecified atom stereocenters. The molecule has 1 aliphatic heterocycles. The molecule has 2 aliphatic rings. The number of piperidine rings is 1. The molecule has 5 heteroatoms. The Kier molecular flexibility index (Phi) is 6.59. The first kappa shape index (κ1) is 21.4. The largest absolute Gasteiger partial charge is 0.497 e. The molecule has 2 atom stereocenters. The van der Waals surface area contributed by atoms with E-state index >= 15 is 0 Å². The van der Waals surface area contributed by atoms with Crippen molar-refractivity contribution in [2.75, 3.05) is 19.0 Å². The highest BCUT2D eigenvalue weighted by Gasteiger charge is 2.38. The lowest BCUT2D eigenvalue weighted by Crippen LogP contribution is -2.47. The fourth-order valence-corrected chi connectivity index (χ4v) is 5.00. The molecule has 1 saturated heterocycles. The van der Waals surface area contributed by atoms with Crippen molar-refractivity contribution >= 4 is 17.5 Å². The minimum absolute atomic E-state index is 0.0276. The summed E-state index contributed by atoms with van der Waals surface area (Å²) in [5.41, 5.74) is 3.10. The van der Waals surface area contributed by atoms with E-state index in [1.54, 1.807) is 7.11 Å². The van der Waals surface area contributed by atoms with Gasteiger partial charge in [0.1, 0.15) is 5.75 Å². The summed E-state index contributed by atoms with van der Waals surface area (Å²) in [6.45, 7) is 2.56. The van der Waals surface area contributed by atoms with Gasteiger partial charge in [0, 0.05) is 24.2 Å². The number of nitrogens with zero attached hydrogens (tertiary/aromatic N) is 1. The van der Waals surface area contributed by atoms with Crippen molar-refractivity contribution in [3.05, 3.63) is 59.7 Å². The minimum Gasteiger partial charge on any atom is -0.497 e. The van der Waals surface area contributed by atoms with Gasteiger partial charge in [0.25, 0.3) is 0 Å². The van der Waals surface area contributed by atoms with Crippen LogP contribution in [0, 0.1) is 18.8 Å². The van der Waals surface area contributed by atoms with Crippen molar-refractivity contribution in [3.63, 3.8) is 0 Å². The number of carbonyl (C=O) groups is 2. The predicted octanol–water partition coefficient (Wildman–Crippen LogP) is 5.11. The third-order valence-corrected chi connectivity index (χ3v) is 6.70. The quantitative estimate of drug-likeness (QED) is 0.731. The van der Waals surface area contributed by atoms with E-state index in [-0.39, 0.29) is 29.7 Å². The molecule has 2 amide bonds. The highest BCUT2D eigenvalue weighted by molar-refractivity contribution is 5.93. The zero-order valence-corrected chi connectivity index (χ0v) is 18.5. The number of nitrogens with one attached hydrogen (secondary N) is 1. The average molecular weight is 421 g/mol. The molecule has 4 rings (SSSR count). The standard InChI is InChI=1S/C26H32N2O3/c1-18-7-5-10-20(15-18)24-14-13-21(17-28(24)26(30)19-8-3-4-9-19)25(29)27-22-11-6-12-23(16-22)31-2/h5-7,10-12,15-16,19,21,24H,3-4,8-9,13-14,17H2,1-2H3,(H,27,29). The smallest absolute Gasteiger partial charge is 0.229 e. The first-order valence-electron chi connectivity index (χ1n) is 11.4. The molecule has 1 heterocycles. The molecule has 1 N–H and O–H groups in total. The van der Waals surface area contributed by atoms with Crippen molar-refractivity contribution in [2.24, 2.45) is 11.8 Å². The maximum Gasteiger partial charge on any atom is 0.229 e. The van der Waals surface area contributed by atoms with Gasteiger partial charge in [-0.05, 0) is 50.3 Å². The van der Waals surface area contributed by atoms with Crippen LogP contribution in [0.4, 0.5) is 5.69 Å². The zero-order chi connectivity index (χ0) is 21.8. The second-order valence-electron chi connectivity index (χ2n) is 8.90. The Morgan fingerprint density at radius 3 is 2.48 bits per heavy atom. The Morgan fingerprint density at radius 1 is 0.968 bits per heavy atom. The monoisotopic (exact) mass is 420 g/mol. The summed E-state index contributed by atoms with van der Waals surface area (Å²) in [4.78, 5) is 28.5. The van der Waals surface area contributed by atoms with Gasteiger partial charge in [-0.2, -0.15) is 0 Å². The fraction of sp³-hybridized carbons (Fsp3) is 0.462. The molecule has 2 aromatic rings. The van der Waals surface area contributed by atoms with Crippen LogP contribution in [0.1, 0.15) is 55.7 Å². The minimum atomic E-state index is -0.211. The van der Waals surface area contributed by atoms with Crippen LogP contribution in [0.25, 0.3) is 0 Å². The van der Waals surface area contributed by atoms with Crippen molar-refractivity contribution in [3.8, 4) is 5.75 Å². The first-order valence-corrected chi connectivity index (χ1v) is 11.4. The number of rotatable bonds is 5. The van der Waals surface area contributed by atoms with Crippen molar-refractivity contribution in [1.29, 1.82) is 0 Å². The van der Waals surface area contributed by atoms with Crippen LogP contribution in [0.2, 0.25) is 0 Å². The van der Waals surface area contributed by atoms with Gasteiger partial charge in [-0.15, -0.1) is 0 Å². The highest BCUT2D eigenvalue weighted by Crippen LogP contribution is 2.37. The third kappa shape index (κ3) is 4.92. The predicted molar refractivity (Wildman–Crippen MR) is 122 cm³/mol. The molecule has 5 nitrogen and oxygen atoms in total. The molecule has 1 saturated carbocycles. The average Bonchev–Trinajstić information content (AvgIpc) is 3.33. The fourth-order valence-electron chi connectivity index (χ4n) is 5.00. The molecule has 0 bridgehead atoms. The SMILES string of the molecule is COc1cccc(NC(=O)C2CCC(c3cccc(C)c3)N(C(=O)C3CCCC3)C2)c1. The number of hydrogen-bond donors (Lipinski definition) is 1. The number of likely N-dealkylation sites (tertiary alicyclic amines) is 1. The van der Waals surface area contributed by atoms with E-state index in [1.807, 2.05) is 29.2 Å². The molecule has 0 radical (unpaired) electrons. The van der Waals surface area contributed by atoms with E-state index in [0.717, 1.165) is 44.2 Å². The second-order valence-corrected chi connectivity index (χ2v) is 8.90. The van der Waals surface area contributed by atoms with Crippen molar-refractivity contribution in [1.82, 2.24) is 4.90 Å². The van der Waals surface area contributed by atoms with Crippen molar-refractivity contribution < 1.29 is 14.3 Å². The number of ether oxygens (including phenoxy) is 1. The lowest BCUT2D eigenvalue weighted by atomic mass is 9.86. The highest BCUT2D eigenvalue weighted by atomic mass is 16.5. The van der Waals surface area contributed by atoms with Crippen LogP contribution in [0.5, 0.6) is 5.75 Å². The topological polar surface area (TPSA) is 58.6 Å². The van der Waals surface area contributed by atoms with E-state index in [0.29, 0.717) is 12.3 Å². The molecule has 2 aromatic carbocycles. The molecule has 0 spiro atoms. The maximum absolute atomic E-state index is 13.5. The van der Waals surface area contributed by atoms with Gasteiger partial charge in [-0.25, -0.2) is 0 Å². The van der Waals surface area contributed by atoms with Crippen LogP contribution in [-0.2, 0) is 9.59 Å². The second kappa shape index (κ2) is 9.54. The Morgan fingerprint density at radius 2 is 1.74 bits per heavy atom. The van der Waals surface area contributed by atoms with Gasteiger partial charge < -0.3 is 15.0 Å². The molecular formula is C26H32N2O3. The number of benzene rings is 2. The summed E-state index contributed by atoms with van der Waals surface area (Å²) in [6, 6.07) is 15.9. The van der Waals surface area contributed by atoms with Gasteiger partial charge in [0.05, 0.1) is 19.1 Å². The number of methoxy groups -OCH3 is 1. The molecule has 164 valence electrons. The third-order valence-electron chi connectivity index (χ3n) is 6.70. The summed E-state index contributed by atoms with van der Waals surface area (Å²) >= 11 is 0. The number of anilines is 1. The number of amides is 2. The molecular weight excluding hydrogens is 388 g/mol.